The topological polar surface area (TPSA) is 41.9 Å². The number of benzene rings is 8. The second-order valence-electron chi connectivity index (χ2n) is 17.2. The zero-order valence-corrected chi connectivity index (χ0v) is 36.7. The molecule has 0 fully saturated rings. The van der Waals surface area contributed by atoms with E-state index in [2.05, 4.69) is 209 Å². The second kappa shape index (κ2) is 15.9. The number of allylic oxidation sites excluding steroid dienone is 4. The van der Waals surface area contributed by atoms with Crippen molar-refractivity contribution in [2.24, 2.45) is 0 Å². The number of nitrogens with zero attached hydrogens (tertiary/aromatic N) is 4. The van der Waals surface area contributed by atoms with Crippen LogP contribution >= 0.6 is 0 Å². The number of hydrogen-bond acceptors (Lipinski definition) is 4. The molecule has 11 rings (SSSR count). The molecule has 9 aromatic rings. The maximum absolute atomic E-state index is 5.14. The highest BCUT2D eigenvalue weighted by atomic mass is 15.2. The number of para-hydroxylation sites is 2. The molecule has 0 bridgehead atoms. The minimum atomic E-state index is -0.657. The van der Waals surface area contributed by atoms with E-state index in [4.69, 9.17) is 15.0 Å². The highest BCUT2D eigenvalue weighted by molar-refractivity contribution is 6.02. The molecule has 0 amide bonds. The van der Waals surface area contributed by atoms with Gasteiger partial charge in [0.2, 0.25) is 0 Å². The molecule has 0 N–H and O–H groups in total. The lowest BCUT2D eigenvalue weighted by Gasteiger charge is -2.47. The Hall–Kier alpha value is -7.69. The van der Waals surface area contributed by atoms with Gasteiger partial charge in [-0.1, -0.05) is 164 Å². The van der Waals surface area contributed by atoms with E-state index in [1.54, 1.807) is 0 Å². The predicted octanol–water partition coefficient (Wildman–Crippen LogP) is 15.2. The van der Waals surface area contributed by atoms with Gasteiger partial charge in [-0.15, -0.1) is 0 Å². The van der Waals surface area contributed by atoms with Gasteiger partial charge < -0.3 is 4.90 Å². The van der Waals surface area contributed by atoms with Gasteiger partial charge in [0.05, 0.1) is 22.5 Å². The summed E-state index contributed by atoms with van der Waals surface area (Å²) in [5.41, 5.74) is 18.1. The van der Waals surface area contributed by atoms with Crippen molar-refractivity contribution < 1.29 is 0 Å². The van der Waals surface area contributed by atoms with Gasteiger partial charge in [-0.25, -0.2) is 15.0 Å². The van der Waals surface area contributed by atoms with Crippen molar-refractivity contribution in [1.29, 1.82) is 0 Å². The van der Waals surface area contributed by atoms with Crippen molar-refractivity contribution in [3.63, 3.8) is 0 Å². The molecule has 4 nitrogen and oxygen atoms in total. The molecule has 1 aliphatic heterocycles. The summed E-state index contributed by atoms with van der Waals surface area (Å²) in [5, 5.41) is 2.49. The molecule has 64 heavy (non-hydrogen) atoms. The molecular formula is C60H48N4. The fourth-order valence-electron chi connectivity index (χ4n) is 10.5. The summed E-state index contributed by atoms with van der Waals surface area (Å²) in [5.74, 6) is 2.04. The first-order valence-electron chi connectivity index (χ1n) is 22.4. The van der Waals surface area contributed by atoms with E-state index in [1.807, 2.05) is 18.2 Å². The van der Waals surface area contributed by atoms with Gasteiger partial charge in [0.1, 0.15) is 0 Å². The molecular weight excluding hydrogens is 777 g/mol. The summed E-state index contributed by atoms with van der Waals surface area (Å²) in [4.78, 5) is 17.8. The molecule has 0 spiro atoms. The molecule has 0 unspecified atom stereocenters. The molecule has 1 aromatic heterocycles. The average molecular weight is 825 g/mol. The Morgan fingerprint density at radius 1 is 0.484 bits per heavy atom. The maximum atomic E-state index is 5.14. The predicted molar refractivity (Wildman–Crippen MR) is 265 cm³/mol. The van der Waals surface area contributed by atoms with Crippen LogP contribution in [0.4, 0.5) is 17.1 Å². The van der Waals surface area contributed by atoms with Crippen LogP contribution in [-0.2, 0) is 5.41 Å². The Kier molecular flexibility index (Phi) is 9.73. The third-order valence-corrected chi connectivity index (χ3v) is 13.3. The van der Waals surface area contributed by atoms with Crippen LogP contribution in [0, 0.1) is 27.7 Å². The summed E-state index contributed by atoms with van der Waals surface area (Å²) in [6.07, 6.45) is 8.57. The standard InChI is InChI=1S/C60H48N4/c1-39-22-14-16-30-48(39)55-42(4)52(38-45-27-15-17-31-49(45)55)60(47-28-12-7-13-29-47)50-32-18-20-34-53(50)64(54-35-21-19-33-51(54)60)56-40(2)36-46(37-41(56)3)59-62-57(43-23-8-5-9-24-43)61-58(63-59)44-25-10-6-11-26-44/h5,7-10,12-38H,6,11H2,1-4H3. The highest BCUT2D eigenvalue weighted by Gasteiger charge is 2.48. The summed E-state index contributed by atoms with van der Waals surface area (Å²) < 4.78 is 0. The van der Waals surface area contributed by atoms with Gasteiger partial charge in [0.15, 0.2) is 17.5 Å². The van der Waals surface area contributed by atoms with Gasteiger partial charge in [0.25, 0.3) is 0 Å². The first-order valence-corrected chi connectivity index (χ1v) is 22.4. The molecule has 0 radical (unpaired) electrons. The van der Waals surface area contributed by atoms with E-state index in [1.165, 1.54) is 55.3 Å². The third-order valence-electron chi connectivity index (χ3n) is 13.3. The van der Waals surface area contributed by atoms with Crippen molar-refractivity contribution in [2.75, 3.05) is 4.90 Å². The van der Waals surface area contributed by atoms with Gasteiger partial charge in [-0.3, -0.25) is 0 Å². The van der Waals surface area contributed by atoms with Crippen LogP contribution in [0.3, 0.4) is 0 Å². The van der Waals surface area contributed by atoms with Crippen molar-refractivity contribution in [3.05, 3.63) is 244 Å². The average Bonchev–Trinajstić information content (AvgIpc) is 3.34. The molecule has 8 aromatic carbocycles. The third kappa shape index (κ3) is 6.32. The number of rotatable bonds is 7. The van der Waals surface area contributed by atoms with Crippen LogP contribution in [0.1, 0.15) is 63.2 Å². The molecule has 0 saturated heterocycles. The van der Waals surface area contributed by atoms with E-state index in [0.717, 1.165) is 57.7 Å². The van der Waals surface area contributed by atoms with E-state index < -0.39 is 5.41 Å². The zero-order valence-electron chi connectivity index (χ0n) is 36.7. The van der Waals surface area contributed by atoms with Crippen molar-refractivity contribution in [1.82, 2.24) is 15.0 Å². The highest BCUT2D eigenvalue weighted by Crippen LogP contribution is 2.60. The van der Waals surface area contributed by atoms with E-state index in [-0.39, 0.29) is 0 Å². The first kappa shape index (κ1) is 39.2. The number of aryl methyl sites for hydroxylation is 3. The molecule has 308 valence electrons. The van der Waals surface area contributed by atoms with E-state index in [0.29, 0.717) is 17.5 Å². The van der Waals surface area contributed by atoms with Crippen molar-refractivity contribution >= 4 is 33.4 Å². The lowest BCUT2D eigenvalue weighted by Crippen LogP contribution is -2.38. The SMILES string of the molecule is Cc1ccccc1-c1c(C)c(C2(c3ccccc3)c3ccccc3N(c3c(C)cc(-c4nc(C5=CCCC=C5)nc(-c5ccccc5)n4)cc3C)c3ccccc32)cc2ccccc12. The van der Waals surface area contributed by atoms with Gasteiger partial charge >= 0.3 is 0 Å². The van der Waals surface area contributed by atoms with Crippen molar-refractivity contribution in [3.8, 4) is 33.9 Å². The van der Waals surface area contributed by atoms with E-state index in [9.17, 15) is 0 Å². The van der Waals surface area contributed by atoms with Crippen LogP contribution in [-0.4, -0.2) is 15.0 Å². The monoisotopic (exact) mass is 824 g/mol. The number of fused-ring (bicyclic) bond motifs is 3. The summed E-state index contributed by atoms with van der Waals surface area (Å²) in [6, 6.07) is 64.2. The van der Waals surface area contributed by atoms with Gasteiger partial charge in [-0.05, 0) is 137 Å². The fraction of sp³-hybridized carbons (Fsp3) is 0.117. The zero-order chi connectivity index (χ0) is 43.4. The fourth-order valence-corrected chi connectivity index (χ4v) is 10.5. The molecule has 1 aliphatic carbocycles. The van der Waals surface area contributed by atoms with Crippen molar-refractivity contribution in [2.45, 2.75) is 46.0 Å². The summed E-state index contributed by atoms with van der Waals surface area (Å²) >= 11 is 0. The summed E-state index contributed by atoms with van der Waals surface area (Å²) in [6.45, 7) is 9.03. The molecule has 2 heterocycles. The lowest BCUT2D eigenvalue weighted by molar-refractivity contribution is 0.726. The van der Waals surface area contributed by atoms with E-state index >= 15 is 0 Å². The number of hydrogen-bond donors (Lipinski definition) is 0. The Labute approximate surface area is 376 Å². The number of anilines is 3. The summed E-state index contributed by atoms with van der Waals surface area (Å²) in [7, 11) is 0. The van der Waals surface area contributed by atoms with Crippen LogP contribution in [0.2, 0.25) is 0 Å². The Morgan fingerprint density at radius 2 is 1.06 bits per heavy atom. The minimum absolute atomic E-state index is 0.657. The normalized spacial score (nSPS) is 13.9. The largest absolute Gasteiger partial charge is 0.309 e. The first-order chi connectivity index (χ1) is 31.4. The second-order valence-corrected chi connectivity index (χ2v) is 17.2. The quantitative estimate of drug-likeness (QED) is 0.161. The number of aromatic nitrogens is 3. The molecule has 0 atom stereocenters. The maximum Gasteiger partial charge on any atom is 0.164 e. The van der Waals surface area contributed by atoms with Crippen LogP contribution in [0.5, 0.6) is 0 Å². The Bertz CT molecular complexity index is 3250. The van der Waals surface area contributed by atoms with Gasteiger partial charge in [0, 0.05) is 16.7 Å². The van der Waals surface area contributed by atoms with Crippen LogP contribution in [0.25, 0.3) is 50.2 Å². The van der Waals surface area contributed by atoms with Gasteiger partial charge in [-0.2, -0.15) is 0 Å². The van der Waals surface area contributed by atoms with Crippen LogP contribution < -0.4 is 4.90 Å². The lowest BCUT2D eigenvalue weighted by atomic mass is 9.60. The van der Waals surface area contributed by atoms with Crippen LogP contribution in [0.15, 0.2) is 194 Å². The Balaban J connectivity index is 1.15. The minimum Gasteiger partial charge on any atom is -0.309 e. The smallest absolute Gasteiger partial charge is 0.164 e. The Morgan fingerprint density at radius 3 is 1.73 bits per heavy atom. The molecule has 0 saturated carbocycles. The molecule has 4 heteroatoms. The molecule has 2 aliphatic rings.